The maximum atomic E-state index is 13.3. The van der Waals surface area contributed by atoms with E-state index in [-0.39, 0.29) is 30.5 Å². The lowest BCUT2D eigenvalue weighted by molar-refractivity contribution is 0.0983. The van der Waals surface area contributed by atoms with Crippen molar-refractivity contribution in [2.24, 2.45) is 5.92 Å². The number of amides is 1. The lowest BCUT2D eigenvalue weighted by Crippen LogP contribution is -2.42. The van der Waals surface area contributed by atoms with E-state index in [1.54, 1.807) is 24.3 Å². The van der Waals surface area contributed by atoms with Crippen LogP contribution in [0.4, 0.5) is 11.5 Å². The predicted molar refractivity (Wildman–Crippen MR) is 121 cm³/mol. The zero-order valence-electron chi connectivity index (χ0n) is 17.8. The van der Waals surface area contributed by atoms with Gasteiger partial charge in [-0.25, -0.2) is 4.79 Å². The summed E-state index contributed by atoms with van der Waals surface area (Å²) in [5, 5.41) is 0. The molecule has 0 saturated carbocycles. The topological polar surface area (TPSA) is 110 Å². The molecule has 0 spiro atoms. The summed E-state index contributed by atoms with van der Waals surface area (Å²) >= 11 is 0. The van der Waals surface area contributed by atoms with Gasteiger partial charge in [-0.2, -0.15) is 0 Å². The third-order valence-corrected chi connectivity index (χ3v) is 4.80. The average Bonchev–Trinajstić information content (AvgIpc) is 2.76. The molecule has 0 fully saturated rings. The number of nitrogen functional groups attached to an aromatic ring is 1. The molecule has 3 N–H and O–H groups in total. The molecule has 8 nitrogen and oxygen atoms in total. The maximum absolute atomic E-state index is 13.3. The highest BCUT2D eigenvalue weighted by Gasteiger charge is 2.26. The number of nitrogens with one attached hydrogen (secondary N) is 1. The Labute approximate surface area is 179 Å². The molecule has 0 saturated heterocycles. The Balaban J connectivity index is 2.10. The number of benzene rings is 2. The fraction of sp³-hybridized carbons (Fsp3) is 0.261. The van der Waals surface area contributed by atoms with Crippen LogP contribution in [0, 0.1) is 5.92 Å². The molecule has 1 heterocycles. The minimum absolute atomic E-state index is 0.0370. The smallest absolute Gasteiger partial charge is 0.330 e. The van der Waals surface area contributed by atoms with E-state index in [1.807, 2.05) is 44.2 Å². The van der Waals surface area contributed by atoms with Crippen molar-refractivity contribution in [2.75, 3.05) is 24.3 Å². The fourth-order valence-corrected chi connectivity index (χ4v) is 3.29. The van der Waals surface area contributed by atoms with Crippen molar-refractivity contribution in [3.8, 4) is 5.75 Å². The van der Waals surface area contributed by atoms with E-state index in [0.29, 0.717) is 11.3 Å². The van der Waals surface area contributed by atoms with Gasteiger partial charge in [-0.15, -0.1) is 0 Å². The van der Waals surface area contributed by atoms with Gasteiger partial charge in [0.15, 0.2) is 5.69 Å². The number of hydrogen-bond donors (Lipinski definition) is 2. The monoisotopic (exact) mass is 422 g/mol. The number of methoxy groups -OCH3 is 1. The number of anilines is 2. The molecule has 31 heavy (non-hydrogen) atoms. The number of ether oxygens (including phenoxy) is 1. The second-order valence-corrected chi connectivity index (χ2v) is 7.60. The molecule has 162 valence electrons. The minimum Gasteiger partial charge on any atom is -0.497 e. The number of hydrogen-bond acceptors (Lipinski definition) is 5. The summed E-state index contributed by atoms with van der Waals surface area (Å²) < 4.78 is 6.41. The summed E-state index contributed by atoms with van der Waals surface area (Å²) in [5.74, 6) is 0.217. The third-order valence-electron chi connectivity index (χ3n) is 4.80. The van der Waals surface area contributed by atoms with E-state index in [1.165, 1.54) is 16.6 Å². The Morgan fingerprint density at radius 3 is 2.32 bits per heavy atom. The van der Waals surface area contributed by atoms with Gasteiger partial charge >= 0.3 is 5.69 Å². The molecule has 0 aliphatic rings. The average molecular weight is 422 g/mol. The summed E-state index contributed by atoms with van der Waals surface area (Å²) in [4.78, 5) is 42.2. The van der Waals surface area contributed by atoms with E-state index in [0.717, 1.165) is 5.56 Å². The van der Waals surface area contributed by atoms with Crippen molar-refractivity contribution < 1.29 is 9.53 Å². The van der Waals surface area contributed by atoms with Crippen LogP contribution in [0.3, 0.4) is 0 Å². The van der Waals surface area contributed by atoms with E-state index in [4.69, 9.17) is 10.5 Å². The van der Waals surface area contributed by atoms with Crippen molar-refractivity contribution in [3.05, 3.63) is 86.6 Å². The van der Waals surface area contributed by atoms with Gasteiger partial charge in [-0.05, 0) is 35.7 Å². The first kappa shape index (κ1) is 21.9. The van der Waals surface area contributed by atoms with Crippen LogP contribution in [0.15, 0.2) is 64.2 Å². The molecule has 0 bridgehead atoms. The van der Waals surface area contributed by atoms with Crippen LogP contribution in [-0.4, -0.2) is 29.1 Å². The molecule has 0 radical (unpaired) electrons. The zero-order chi connectivity index (χ0) is 22.5. The Hall–Kier alpha value is -3.81. The van der Waals surface area contributed by atoms with Crippen molar-refractivity contribution in [3.63, 3.8) is 0 Å². The van der Waals surface area contributed by atoms with Gasteiger partial charge in [0, 0.05) is 12.1 Å². The van der Waals surface area contributed by atoms with E-state index in [9.17, 15) is 14.4 Å². The van der Waals surface area contributed by atoms with E-state index in [2.05, 4.69) is 4.98 Å². The van der Waals surface area contributed by atoms with Gasteiger partial charge < -0.3 is 15.4 Å². The molecule has 2 aromatic carbocycles. The maximum Gasteiger partial charge on any atom is 0.330 e. The lowest BCUT2D eigenvalue weighted by atomic mass is 10.1. The molecule has 1 amide bonds. The number of carbonyl (C=O) groups is 1. The molecule has 1 aromatic heterocycles. The number of nitrogens with two attached hydrogens (primary N) is 1. The Kier molecular flexibility index (Phi) is 6.59. The quantitative estimate of drug-likeness (QED) is 0.608. The van der Waals surface area contributed by atoms with Crippen LogP contribution in [0.25, 0.3) is 0 Å². The van der Waals surface area contributed by atoms with E-state index >= 15 is 0 Å². The number of aromatic amines is 1. The zero-order valence-corrected chi connectivity index (χ0v) is 17.8. The first-order valence-corrected chi connectivity index (χ1v) is 9.94. The summed E-state index contributed by atoms with van der Waals surface area (Å²) in [7, 11) is 1.54. The third kappa shape index (κ3) is 4.85. The van der Waals surface area contributed by atoms with Gasteiger partial charge in [-0.1, -0.05) is 44.2 Å². The van der Waals surface area contributed by atoms with Crippen molar-refractivity contribution in [2.45, 2.75) is 20.4 Å². The van der Waals surface area contributed by atoms with Crippen LogP contribution >= 0.6 is 0 Å². The van der Waals surface area contributed by atoms with Crippen LogP contribution < -0.4 is 26.6 Å². The van der Waals surface area contributed by atoms with Crippen molar-refractivity contribution in [1.82, 2.24) is 9.55 Å². The van der Waals surface area contributed by atoms with Gasteiger partial charge in [0.2, 0.25) is 0 Å². The Morgan fingerprint density at radius 2 is 1.74 bits per heavy atom. The van der Waals surface area contributed by atoms with Crippen molar-refractivity contribution in [1.29, 1.82) is 0 Å². The molecular formula is C23H26N4O4. The molecule has 0 unspecified atom stereocenters. The number of rotatable bonds is 7. The van der Waals surface area contributed by atoms with Gasteiger partial charge in [0.1, 0.15) is 11.6 Å². The second kappa shape index (κ2) is 9.34. The molecule has 8 heteroatoms. The summed E-state index contributed by atoms with van der Waals surface area (Å²) in [6.07, 6.45) is 0. The minimum atomic E-state index is -0.700. The molecule has 0 aliphatic heterocycles. The first-order valence-electron chi connectivity index (χ1n) is 9.94. The summed E-state index contributed by atoms with van der Waals surface area (Å²) in [6, 6.07) is 15.9. The van der Waals surface area contributed by atoms with Gasteiger partial charge in [0.25, 0.3) is 11.5 Å². The van der Waals surface area contributed by atoms with Crippen molar-refractivity contribution >= 4 is 17.4 Å². The second-order valence-electron chi connectivity index (χ2n) is 7.60. The number of nitrogens with zero attached hydrogens (tertiary/aromatic N) is 2. The number of carbonyl (C=O) groups excluding carboxylic acids is 1. The van der Waals surface area contributed by atoms with Crippen LogP contribution in [0.1, 0.15) is 29.8 Å². The molecular weight excluding hydrogens is 396 g/mol. The molecule has 3 rings (SSSR count). The highest BCUT2D eigenvalue weighted by atomic mass is 16.5. The van der Waals surface area contributed by atoms with Gasteiger partial charge in [0.05, 0.1) is 13.7 Å². The lowest BCUT2D eigenvalue weighted by Gasteiger charge is -2.26. The van der Waals surface area contributed by atoms with Crippen LogP contribution in [-0.2, 0) is 6.54 Å². The fourth-order valence-electron chi connectivity index (χ4n) is 3.29. The standard InChI is InChI=1S/C23H26N4O4/c1-15(2)13-26(22(29)17-9-11-18(31-3)12-10-17)19-20(24)27(23(30)25-21(19)28)14-16-7-5-4-6-8-16/h4-12,15H,13-14,24H2,1-3H3,(H,25,28,30). The highest BCUT2D eigenvalue weighted by molar-refractivity contribution is 6.07. The molecule has 0 aliphatic carbocycles. The number of H-pyrrole nitrogens is 1. The van der Waals surface area contributed by atoms with Gasteiger partial charge in [-0.3, -0.25) is 19.1 Å². The normalized spacial score (nSPS) is 10.8. The number of aromatic nitrogens is 2. The van der Waals surface area contributed by atoms with E-state index < -0.39 is 17.2 Å². The van der Waals surface area contributed by atoms with Crippen LogP contribution in [0.2, 0.25) is 0 Å². The summed E-state index contributed by atoms with van der Waals surface area (Å²) in [5.41, 5.74) is 6.15. The molecule has 0 atom stereocenters. The summed E-state index contributed by atoms with van der Waals surface area (Å²) in [6.45, 7) is 4.28. The predicted octanol–water partition coefficient (Wildman–Crippen LogP) is 2.48. The first-order chi connectivity index (χ1) is 14.8. The SMILES string of the molecule is COc1ccc(C(=O)N(CC(C)C)c2c(N)n(Cc3ccccc3)c(=O)[nH]c2=O)cc1. The van der Waals surface area contributed by atoms with Crippen LogP contribution in [0.5, 0.6) is 5.75 Å². The highest BCUT2D eigenvalue weighted by Crippen LogP contribution is 2.22. The molecule has 3 aromatic rings. The Morgan fingerprint density at radius 1 is 1.10 bits per heavy atom. The Bertz CT molecular complexity index is 1160. The largest absolute Gasteiger partial charge is 0.497 e.